The second-order valence-electron chi connectivity index (χ2n) is 5.45. The maximum Gasteiger partial charge on any atom is 0.144 e. The molecule has 0 aliphatic carbocycles. The van der Waals surface area contributed by atoms with Crippen LogP contribution in [0.15, 0.2) is 48.5 Å². The van der Waals surface area contributed by atoms with E-state index in [1.165, 1.54) is 5.56 Å². The third kappa shape index (κ3) is 2.87. The van der Waals surface area contributed by atoms with Crippen LogP contribution in [0.4, 0.5) is 0 Å². The molecule has 0 fully saturated rings. The monoisotopic (exact) mass is 278 g/mol. The number of para-hydroxylation sites is 2. The van der Waals surface area contributed by atoms with E-state index >= 15 is 0 Å². The first-order valence-electron chi connectivity index (χ1n) is 7.11. The highest BCUT2D eigenvalue weighted by Crippen LogP contribution is 2.15. The smallest absolute Gasteiger partial charge is 0.144 e. The Kier molecular flexibility index (Phi) is 3.57. The number of rotatable bonds is 4. The lowest BCUT2D eigenvalue weighted by atomic mass is 10.1. The van der Waals surface area contributed by atoms with Gasteiger partial charge in [-0.05, 0) is 24.6 Å². The van der Waals surface area contributed by atoms with Crippen LogP contribution >= 0.6 is 0 Å². The topological polar surface area (TPSA) is 34.9 Å². The van der Waals surface area contributed by atoms with Gasteiger partial charge in [-0.25, -0.2) is 4.98 Å². The standard InChI is InChI=1S/C18H18N2O/c1-13-7-9-14(10-8-13)11-15(21)12-18-19-16-5-3-4-6-17(16)20(18)2/h3-10H,11-12H2,1-2H3. The summed E-state index contributed by atoms with van der Waals surface area (Å²) in [5, 5.41) is 0. The molecule has 0 amide bonds. The van der Waals surface area contributed by atoms with Gasteiger partial charge in [0.05, 0.1) is 17.5 Å². The van der Waals surface area contributed by atoms with Gasteiger partial charge in [0.15, 0.2) is 0 Å². The lowest BCUT2D eigenvalue weighted by Gasteiger charge is -2.03. The minimum absolute atomic E-state index is 0.192. The number of nitrogens with zero attached hydrogens (tertiary/aromatic N) is 2. The van der Waals surface area contributed by atoms with Crippen LogP contribution < -0.4 is 0 Å². The Hall–Kier alpha value is -2.42. The number of Topliss-reactive ketones (excluding diaryl/α,β-unsaturated/α-hetero) is 1. The predicted molar refractivity (Wildman–Crippen MR) is 84.3 cm³/mol. The summed E-state index contributed by atoms with van der Waals surface area (Å²) in [4.78, 5) is 16.8. The SMILES string of the molecule is Cc1ccc(CC(=O)Cc2nc3ccccc3n2C)cc1. The average Bonchev–Trinajstić information content (AvgIpc) is 2.78. The third-order valence-electron chi connectivity index (χ3n) is 3.76. The molecule has 0 spiro atoms. The van der Waals surface area contributed by atoms with Gasteiger partial charge in [0, 0.05) is 13.5 Å². The van der Waals surface area contributed by atoms with E-state index in [1.54, 1.807) is 0 Å². The van der Waals surface area contributed by atoms with Gasteiger partial charge in [-0.15, -0.1) is 0 Å². The molecular weight excluding hydrogens is 260 g/mol. The summed E-state index contributed by atoms with van der Waals surface area (Å²) in [5.41, 5.74) is 4.28. The van der Waals surface area contributed by atoms with Crippen molar-refractivity contribution in [2.24, 2.45) is 7.05 Å². The van der Waals surface area contributed by atoms with Gasteiger partial charge >= 0.3 is 0 Å². The van der Waals surface area contributed by atoms with Crippen molar-refractivity contribution in [1.29, 1.82) is 0 Å². The predicted octanol–water partition coefficient (Wildman–Crippen LogP) is 3.24. The molecule has 3 rings (SSSR count). The highest BCUT2D eigenvalue weighted by molar-refractivity contribution is 5.84. The van der Waals surface area contributed by atoms with Crippen molar-refractivity contribution in [3.63, 3.8) is 0 Å². The number of hydrogen-bond donors (Lipinski definition) is 0. The fraction of sp³-hybridized carbons (Fsp3) is 0.222. The highest BCUT2D eigenvalue weighted by atomic mass is 16.1. The second kappa shape index (κ2) is 5.52. The van der Waals surface area contributed by atoms with Crippen LogP contribution in [0.2, 0.25) is 0 Å². The molecule has 3 heteroatoms. The van der Waals surface area contributed by atoms with E-state index in [2.05, 4.69) is 4.98 Å². The van der Waals surface area contributed by atoms with Crippen LogP contribution in [0.3, 0.4) is 0 Å². The van der Waals surface area contributed by atoms with Crippen molar-refractivity contribution >= 4 is 16.8 Å². The van der Waals surface area contributed by atoms with Crippen molar-refractivity contribution in [2.45, 2.75) is 19.8 Å². The van der Waals surface area contributed by atoms with E-state index in [0.717, 1.165) is 22.4 Å². The Morgan fingerprint density at radius 1 is 1.05 bits per heavy atom. The van der Waals surface area contributed by atoms with Gasteiger partial charge in [-0.3, -0.25) is 4.79 Å². The molecular formula is C18H18N2O. The summed E-state index contributed by atoms with van der Waals surface area (Å²) in [5.74, 6) is 1.02. The first kappa shape index (κ1) is 13.6. The van der Waals surface area contributed by atoms with Gasteiger partial charge < -0.3 is 4.57 Å². The Labute approximate surface area is 124 Å². The minimum atomic E-state index is 0.192. The average molecular weight is 278 g/mol. The number of aromatic nitrogens is 2. The van der Waals surface area contributed by atoms with Crippen molar-refractivity contribution in [2.75, 3.05) is 0 Å². The van der Waals surface area contributed by atoms with Gasteiger partial charge in [-0.2, -0.15) is 0 Å². The molecule has 0 atom stereocenters. The van der Waals surface area contributed by atoms with E-state index in [9.17, 15) is 4.79 Å². The molecule has 1 heterocycles. The first-order valence-corrected chi connectivity index (χ1v) is 7.11. The maximum absolute atomic E-state index is 12.2. The first-order chi connectivity index (χ1) is 10.1. The summed E-state index contributed by atoms with van der Waals surface area (Å²) >= 11 is 0. The Balaban J connectivity index is 1.77. The van der Waals surface area contributed by atoms with E-state index in [-0.39, 0.29) is 5.78 Å². The summed E-state index contributed by atoms with van der Waals surface area (Å²) in [6.45, 7) is 2.05. The fourth-order valence-electron chi connectivity index (χ4n) is 2.53. The molecule has 2 aromatic carbocycles. The maximum atomic E-state index is 12.2. The third-order valence-corrected chi connectivity index (χ3v) is 3.76. The number of hydrogen-bond acceptors (Lipinski definition) is 2. The van der Waals surface area contributed by atoms with Crippen LogP contribution in [0.25, 0.3) is 11.0 Å². The van der Waals surface area contributed by atoms with Crippen LogP contribution in [-0.2, 0) is 24.7 Å². The van der Waals surface area contributed by atoms with Gasteiger partial charge in [0.1, 0.15) is 11.6 Å². The van der Waals surface area contributed by atoms with Gasteiger partial charge in [0.25, 0.3) is 0 Å². The summed E-state index contributed by atoms with van der Waals surface area (Å²) < 4.78 is 2.00. The molecule has 21 heavy (non-hydrogen) atoms. The van der Waals surface area contributed by atoms with Crippen molar-refractivity contribution < 1.29 is 4.79 Å². The summed E-state index contributed by atoms with van der Waals surface area (Å²) in [7, 11) is 1.96. The van der Waals surface area contributed by atoms with E-state index < -0.39 is 0 Å². The lowest BCUT2D eigenvalue weighted by molar-refractivity contribution is -0.117. The van der Waals surface area contributed by atoms with Crippen molar-refractivity contribution in [3.8, 4) is 0 Å². The molecule has 1 aromatic heterocycles. The van der Waals surface area contributed by atoms with Gasteiger partial charge in [-0.1, -0.05) is 42.0 Å². The van der Waals surface area contributed by atoms with E-state index in [0.29, 0.717) is 12.8 Å². The zero-order valence-electron chi connectivity index (χ0n) is 12.3. The molecule has 0 N–H and O–H groups in total. The number of carbonyl (C=O) groups excluding carboxylic acids is 1. The van der Waals surface area contributed by atoms with Crippen molar-refractivity contribution in [1.82, 2.24) is 9.55 Å². The molecule has 0 saturated heterocycles. The van der Waals surface area contributed by atoms with Crippen LogP contribution in [0.5, 0.6) is 0 Å². The molecule has 0 saturated carbocycles. The quantitative estimate of drug-likeness (QED) is 0.734. The van der Waals surface area contributed by atoms with Crippen LogP contribution in [-0.4, -0.2) is 15.3 Å². The molecule has 3 nitrogen and oxygen atoms in total. The number of ketones is 1. The highest BCUT2D eigenvalue weighted by Gasteiger charge is 2.12. The zero-order valence-corrected chi connectivity index (χ0v) is 12.3. The van der Waals surface area contributed by atoms with Gasteiger partial charge in [0.2, 0.25) is 0 Å². The minimum Gasteiger partial charge on any atom is -0.331 e. The fourth-order valence-corrected chi connectivity index (χ4v) is 2.53. The molecule has 0 aliphatic heterocycles. The Morgan fingerprint density at radius 3 is 2.48 bits per heavy atom. The molecule has 0 bridgehead atoms. The number of carbonyl (C=O) groups is 1. The summed E-state index contributed by atoms with van der Waals surface area (Å²) in [6, 6.07) is 16.1. The summed E-state index contributed by atoms with van der Waals surface area (Å²) in [6.07, 6.45) is 0.836. The number of imidazole rings is 1. The van der Waals surface area contributed by atoms with Crippen LogP contribution in [0.1, 0.15) is 17.0 Å². The second-order valence-corrected chi connectivity index (χ2v) is 5.45. The number of benzene rings is 2. The lowest BCUT2D eigenvalue weighted by Crippen LogP contribution is -2.10. The Morgan fingerprint density at radius 2 is 1.76 bits per heavy atom. The molecule has 0 aliphatic rings. The van der Waals surface area contributed by atoms with E-state index in [4.69, 9.17) is 0 Å². The van der Waals surface area contributed by atoms with Crippen LogP contribution in [0, 0.1) is 6.92 Å². The molecule has 3 aromatic rings. The normalized spacial score (nSPS) is 11.0. The Bertz CT molecular complexity index is 785. The molecule has 0 unspecified atom stereocenters. The number of fused-ring (bicyclic) bond motifs is 1. The molecule has 106 valence electrons. The zero-order chi connectivity index (χ0) is 14.8. The van der Waals surface area contributed by atoms with E-state index in [1.807, 2.05) is 67.1 Å². The molecule has 0 radical (unpaired) electrons. The largest absolute Gasteiger partial charge is 0.331 e. The van der Waals surface area contributed by atoms with Crippen molar-refractivity contribution in [3.05, 3.63) is 65.5 Å². The number of aryl methyl sites for hydroxylation is 2.